The molecule has 0 bridgehead atoms. The molecule has 20 heavy (non-hydrogen) atoms. The van der Waals surface area contributed by atoms with E-state index in [4.69, 9.17) is 10.5 Å². The number of hydrogen-bond donors (Lipinski definition) is 1. The number of benzene rings is 1. The first-order chi connectivity index (χ1) is 9.65. The summed E-state index contributed by atoms with van der Waals surface area (Å²) in [5.74, 6) is 1.20. The van der Waals surface area contributed by atoms with E-state index < -0.39 is 0 Å². The van der Waals surface area contributed by atoms with E-state index >= 15 is 0 Å². The molecule has 0 radical (unpaired) electrons. The maximum atomic E-state index is 6.15. The van der Waals surface area contributed by atoms with Crippen molar-refractivity contribution in [3.63, 3.8) is 0 Å². The summed E-state index contributed by atoms with van der Waals surface area (Å²) in [4.78, 5) is 10.6. The molecule has 0 amide bonds. The summed E-state index contributed by atoms with van der Waals surface area (Å²) in [5, 5.41) is 0. The minimum Gasteiger partial charge on any atom is -0.473 e. The monoisotopic (exact) mass is 270 g/mol. The molecule has 0 spiro atoms. The van der Waals surface area contributed by atoms with Crippen LogP contribution in [0.25, 0.3) is 0 Å². The Hall–Kier alpha value is -2.30. The molecule has 1 aromatic carbocycles. The van der Waals surface area contributed by atoms with E-state index in [1.807, 2.05) is 13.8 Å². The van der Waals surface area contributed by atoms with Gasteiger partial charge in [-0.3, -0.25) is 0 Å². The third kappa shape index (κ3) is 2.27. The fourth-order valence-corrected chi connectivity index (χ4v) is 2.42. The third-order valence-electron chi connectivity index (χ3n) is 3.31. The first-order valence-electron chi connectivity index (χ1n) is 6.74. The van der Waals surface area contributed by atoms with Gasteiger partial charge in [-0.1, -0.05) is 24.3 Å². The van der Waals surface area contributed by atoms with Gasteiger partial charge in [-0.25, -0.2) is 4.98 Å². The van der Waals surface area contributed by atoms with Crippen LogP contribution in [0.5, 0.6) is 5.88 Å². The number of hydrogen-bond acceptors (Lipinski definition) is 5. The number of anilines is 2. The van der Waals surface area contributed by atoms with Crippen LogP contribution in [0.15, 0.2) is 30.6 Å². The molecule has 0 aliphatic carbocycles. The van der Waals surface area contributed by atoms with E-state index in [-0.39, 0.29) is 6.10 Å². The van der Waals surface area contributed by atoms with Gasteiger partial charge in [0.25, 0.3) is 0 Å². The Bertz CT molecular complexity index is 602. The van der Waals surface area contributed by atoms with E-state index in [1.54, 1.807) is 0 Å². The van der Waals surface area contributed by atoms with Gasteiger partial charge in [-0.15, -0.1) is 0 Å². The zero-order valence-corrected chi connectivity index (χ0v) is 11.7. The predicted molar refractivity (Wildman–Crippen MR) is 78.5 cm³/mol. The molecule has 5 nitrogen and oxygen atoms in total. The Balaban J connectivity index is 1.89. The molecule has 0 fully saturated rings. The van der Waals surface area contributed by atoms with E-state index in [0.29, 0.717) is 11.6 Å². The lowest BCUT2D eigenvalue weighted by molar-refractivity contribution is 0.234. The van der Waals surface area contributed by atoms with E-state index in [0.717, 1.165) is 18.9 Å². The van der Waals surface area contributed by atoms with Crippen LogP contribution in [-0.4, -0.2) is 16.1 Å². The van der Waals surface area contributed by atoms with Crippen LogP contribution in [0.3, 0.4) is 0 Å². The van der Waals surface area contributed by atoms with Crippen molar-refractivity contribution in [1.29, 1.82) is 0 Å². The minimum atomic E-state index is 0.0378. The van der Waals surface area contributed by atoms with Crippen molar-refractivity contribution in [2.75, 3.05) is 10.6 Å². The average Bonchev–Trinajstić information content (AvgIpc) is 2.84. The molecule has 1 aromatic heterocycles. The molecular weight excluding hydrogens is 252 g/mol. The van der Waals surface area contributed by atoms with Gasteiger partial charge in [0.05, 0.1) is 6.10 Å². The lowest BCUT2D eigenvalue weighted by Crippen LogP contribution is -2.19. The summed E-state index contributed by atoms with van der Waals surface area (Å²) in [7, 11) is 0. The number of ether oxygens (including phenoxy) is 1. The first kappa shape index (κ1) is 12.7. The van der Waals surface area contributed by atoms with Crippen molar-refractivity contribution in [2.24, 2.45) is 0 Å². The number of nitrogen functional groups attached to an aromatic ring is 1. The zero-order valence-electron chi connectivity index (χ0n) is 11.7. The van der Waals surface area contributed by atoms with Crippen molar-refractivity contribution >= 4 is 11.5 Å². The second-order valence-corrected chi connectivity index (χ2v) is 5.21. The SMILES string of the molecule is CC(C)Oc1ncnc(N2Cc3ccccc3C2)c1N. The number of aromatic nitrogens is 2. The molecule has 1 aliphatic heterocycles. The fraction of sp³-hybridized carbons (Fsp3) is 0.333. The molecule has 3 rings (SSSR count). The summed E-state index contributed by atoms with van der Waals surface area (Å²) in [6.45, 7) is 5.54. The first-order valence-corrected chi connectivity index (χ1v) is 6.74. The highest BCUT2D eigenvalue weighted by molar-refractivity contribution is 5.68. The summed E-state index contributed by atoms with van der Waals surface area (Å²) in [6.07, 6.45) is 1.54. The molecule has 104 valence electrons. The van der Waals surface area contributed by atoms with E-state index in [2.05, 4.69) is 39.1 Å². The Labute approximate surface area is 118 Å². The van der Waals surface area contributed by atoms with Gasteiger partial charge in [-0.05, 0) is 25.0 Å². The highest BCUT2D eigenvalue weighted by Gasteiger charge is 2.23. The maximum absolute atomic E-state index is 6.15. The van der Waals surface area contributed by atoms with Crippen LogP contribution in [0, 0.1) is 0 Å². The van der Waals surface area contributed by atoms with Crippen LogP contribution in [-0.2, 0) is 13.1 Å². The summed E-state index contributed by atoms with van der Waals surface area (Å²) >= 11 is 0. The van der Waals surface area contributed by atoms with Crippen molar-refractivity contribution in [3.8, 4) is 5.88 Å². The molecule has 2 N–H and O–H groups in total. The lowest BCUT2D eigenvalue weighted by Gasteiger charge is -2.20. The van der Waals surface area contributed by atoms with Crippen LogP contribution < -0.4 is 15.4 Å². The minimum absolute atomic E-state index is 0.0378. The Morgan fingerprint density at radius 2 is 1.80 bits per heavy atom. The van der Waals surface area contributed by atoms with Crippen LogP contribution >= 0.6 is 0 Å². The largest absolute Gasteiger partial charge is 0.473 e. The highest BCUT2D eigenvalue weighted by Crippen LogP contribution is 2.33. The molecule has 0 unspecified atom stereocenters. The topological polar surface area (TPSA) is 64.3 Å². The van der Waals surface area contributed by atoms with E-state index in [9.17, 15) is 0 Å². The van der Waals surface area contributed by atoms with Gasteiger partial charge >= 0.3 is 0 Å². The Morgan fingerprint density at radius 3 is 2.40 bits per heavy atom. The van der Waals surface area contributed by atoms with Gasteiger partial charge in [0, 0.05) is 13.1 Å². The summed E-state index contributed by atoms with van der Waals surface area (Å²) < 4.78 is 5.62. The smallest absolute Gasteiger partial charge is 0.242 e. The third-order valence-corrected chi connectivity index (χ3v) is 3.31. The molecule has 2 aromatic rings. The molecule has 0 atom stereocenters. The second-order valence-electron chi connectivity index (χ2n) is 5.21. The van der Waals surface area contributed by atoms with Crippen molar-refractivity contribution in [3.05, 3.63) is 41.7 Å². The van der Waals surface area contributed by atoms with Gasteiger partial charge in [0.15, 0.2) is 5.82 Å². The van der Waals surface area contributed by atoms with Crippen molar-refractivity contribution in [1.82, 2.24) is 9.97 Å². The van der Waals surface area contributed by atoms with Gasteiger partial charge in [-0.2, -0.15) is 4.98 Å². The van der Waals surface area contributed by atoms with Crippen LogP contribution in [0.2, 0.25) is 0 Å². The lowest BCUT2D eigenvalue weighted by atomic mass is 10.1. The number of fused-ring (bicyclic) bond motifs is 1. The van der Waals surface area contributed by atoms with Crippen LogP contribution in [0.1, 0.15) is 25.0 Å². The number of nitrogens with zero attached hydrogens (tertiary/aromatic N) is 3. The summed E-state index contributed by atoms with van der Waals surface area (Å²) in [6, 6.07) is 8.38. The number of rotatable bonds is 3. The van der Waals surface area contributed by atoms with Gasteiger partial charge < -0.3 is 15.4 Å². The normalized spacial score (nSPS) is 13.7. The van der Waals surface area contributed by atoms with Crippen LogP contribution in [0.4, 0.5) is 11.5 Å². The van der Waals surface area contributed by atoms with Gasteiger partial charge in [0.1, 0.15) is 12.0 Å². The Kier molecular flexibility index (Phi) is 3.18. The van der Waals surface area contributed by atoms with Gasteiger partial charge in [0.2, 0.25) is 5.88 Å². The molecule has 2 heterocycles. The molecule has 0 saturated carbocycles. The number of nitrogens with two attached hydrogens (primary N) is 1. The quantitative estimate of drug-likeness (QED) is 0.927. The molecule has 0 saturated heterocycles. The summed E-state index contributed by atoms with van der Waals surface area (Å²) in [5.41, 5.74) is 9.30. The predicted octanol–water partition coefficient (Wildman–Crippen LogP) is 2.37. The standard InChI is InChI=1S/C15H18N4O/c1-10(2)20-15-13(16)14(17-9-18-15)19-7-11-5-3-4-6-12(11)8-19/h3-6,9-10H,7-8,16H2,1-2H3. The fourth-order valence-electron chi connectivity index (χ4n) is 2.42. The average molecular weight is 270 g/mol. The molecule has 1 aliphatic rings. The zero-order chi connectivity index (χ0) is 14.1. The second kappa shape index (κ2) is 5.00. The Morgan fingerprint density at radius 1 is 1.15 bits per heavy atom. The highest BCUT2D eigenvalue weighted by atomic mass is 16.5. The molecular formula is C15H18N4O. The van der Waals surface area contributed by atoms with E-state index in [1.165, 1.54) is 17.5 Å². The molecule has 5 heteroatoms. The van der Waals surface area contributed by atoms with Crippen molar-refractivity contribution in [2.45, 2.75) is 33.0 Å². The van der Waals surface area contributed by atoms with Crippen molar-refractivity contribution < 1.29 is 4.74 Å². The maximum Gasteiger partial charge on any atom is 0.242 e.